The molecule has 26 heavy (non-hydrogen) atoms. The van der Waals surface area contributed by atoms with Gasteiger partial charge in [0.15, 0.2) is 18.1 Å². The first-order chi connectivity index (χ1) is 12.7. The van der Waals surface area contributed by atoms with Gasteiger partial charge in [0.05, 0.1) is 10.7 Å². The van der Waals surface area contributed by atoms with Crippen LogP contribution in [0.3, 0.4) is 0 Å². The first-order valence-electron chi connectivity index (χ1n) is 8.20. The molecule has 0 spiro atoms. The molecule has 5 nitrogen and oxygen atoms in total. The maximum atomic E-state index is 12.2. The molecule has 0 fully saturated rings. The number of carbonyl (C=O) groups excluding carboxylic acids is 1. The van der Waals surface area contributed by atoms with Gasteiger partial charge in [-0.05, 0) is 22.9 Å². The summed E-state index contributed by atoms with van der Waals surface area (Å²) in [6, 6.07) is 17.0. The fourth-order valence-electron chi connectivity index (χ4n) is 2.75. The van der Waals surface area contributed by atoms with Crippen LogP contribution in [0.2, 0.25) is 5.02 Å². The van der Waals surface area contributed by atoms with E-state index >= 15 is 0 Å². The second-order valence-corrected chi connectivity index (χ2v) is 6.23. The highest BCUT2D eigenvalue weighted by Gasteiger charge is 2.16. The molecule has 0 atom stereocenters. The Labute approximate surface area is 155 Å². The minimum Gasteiger partial charge on any atom is -0.486 e. The number of hydrogen-bond acceptors (Lipinski definition) is 4. The van der Waals surface area contributed by atoms with Crippen molar-refractivity contribution in [2.75, 3.05) is 25.1 Å². The number of carbonyl (C=O) groups is 1. The van der Waals surface area contributed by atoms with E-state index in [1.807, 2.05) is 42.5 Å². The Morgan fingerprint density at radius 1 is 1.00 bits per heavy atom. The SMILES string of the molecule is O=C(COc1ccc2ccccc2c1)Nc1cc2c(cc1Cl)OCCO2. The van der Waals surface area contributed by atoms with Crippen LogP contribution in [0.1, 0.15) is 0 Å². The standard InChI is InChI=1S/C20H16ClNO4/c21-16-10-18-19(25-8-7-24-18)11-17(16)22-20(23)12-26-15-6-5-13-3-1-2-4-14(13)9-15/h1-6,9-11H,7-8,12H2,(H,22,23). The average Bonchev–Trinajstić information content (AvgIpc) is 2.67. The third kappa shape index (κ3) is 3.53. The Balaban J connectivity index is 1.42. The van der Waals surface area contributed by atoms with Crippen molar-refractivity contribution in [1.82, 2.24) is 0 Å². The van der Waals surface area contributed by atoms with Gasteiger partial charge < -0.3 is 19.5 Å². The van der Waals surface area contributed by atoms with Gasteiger partial charge in [0.2, 0.25) is 0 Å². The van der Waals surface area contributed by atoms with Gasteiger partial charge in [-0.2, -0.15) is 0 Å². The Morgan fingerprint density at radius 2 is 1.73 bits per heavy atom. The summed E-state index contributed by atoms with van der Waals surface area (Å²) in [4.78, 5) is 12.2. The Bertz CT molecular complexity index is 973. The third-order valence-electron chi connectivity index (χ3n) is 4.00. The lowest BCUT2D eigenvalue weighted by Crippen LogP contribution is -2.21. The number of nitrogens with one attached hydrogen (secondary N) is 1. The largest absolute Gasteiger partial charge is 0.486 e. The maximum absolute atomic E-state index is 12.2. The quantitative estimate of drug-likeness (QED) is 0.745. The second kappa shape index (κ2) is 7.14. The molecule has 132 valence electrons. The number of anilines is 1. The molecule has 4 rings (SSSR count). The Morgan fingerprint density at radius 3 is 2.54 bits per heavy atom. The Kier molecular flexibility index (Phi) is 4.54. The molecule has 0 bridgehead atoms. The normalized spacial score (nSPS) is 12.7. The van der Waals surface area contributed by atoms with Crippen LogP contribution >= 0.6 is 11.6 Å². The van der Waals surface area contributed by atoms with E-state index in [-0.39, 0.29) is 12.5 Å². The molecule has 3 aromatic carbocycles. The molecule has 1 aliphatic rings. The number of hydrogen-bond donors (Lipinski definition) is 1. The van der Waals surface area contributed by atoms with Crippen LogP contribution in [0.4, 0.5) is 5.69 Å². The van der Waals surface area contributed by atoms with Crippen molar-refractivity contribution >= 4 is 34.0 Å². The van der Waals surface area contributed by atoms with E-state index in [1.165, 1.54) is 0 Å². The minimum atomic E-state index is -0.309. The molecule has 3 aromatic rings. The molecular formula is C20H16ClNO4. The van der Waals surface area contributed by atoms with E-state index in [0.717, 1.165) is 10.8 Å². The van der Waals surface area contributed by atoms with Crippen molar-refractivity contribution in [3.05, 3.63) is 59.6 Å². The average molecular weight is 370 g/mol. The zero-order valence-corrected chi connectivity index (χ0v) is 14.6. The molecule has 1 amide bonds. The van der Waals surface area contributed by atoms with E-state index in [4.69, 9.17) is 25.8 Å². The lowest BCUT2D eigenvalue weighted by Gasteiger charge is -2.20. The summed E-state index contributed by atoms with van der Waals surface area (Å²) in [5.41, 5.74) is 0.461. The van der Waals surface area contributed by atoms with Gasteiger partial charge in [0, 0.05) is 12.1 Å². The van der Waals surface area contributed by atoms with E-state index in [9.17, 15) is 4.79 Å². The van der Waals surface area contributed by atoms with Crippen LogP contribution in [0.15, 0.2) is 54.6 Å². The van der Waals surface area contributed by atoms with Gasteiger partial charge in [0.1, 0.15) is 19.0 Å². The topological polar surface area (TPSA) is 56.8 Å². The number of rotatable bonds is 4. The summed E-state index contributed by atoms with van der Waals surface area (Å²) < 4.78 is 16.6. The van der Waals surface area contributed by atoms with E-state index in [1.54, 1.807) is 12.1 Å². The van der Waals surface area contributed by atoms with Crippen molar-refractivity contribution in [3.63, 3.8) is 0 Å². The highest BCUT2D eigenvalue weighted by atomic mass is 35.5. The third-order valence-corrected chi connectivity index (χ3v) is 4.31. The smallest absolute Gasteiger partial charge is 0.262 e. The van der Waals surface area contributed by atoms with Crippen molar-refractivity contribution in [3.8, 4) is 17.2 Å². The fourth-order valence-corrected chi connectivity index (χ4v) is 2.95. The van der Waals surface area contributed by atoms with Crippen LogP contribution in [-0.4, -0.2) is 25.7 Å². The van der Waals surface area contributed by atoms with Crippen LogP contribution in [0.5, 0.6) is 17.2 Å². The number of amides is 1. The molecule has 1 heterocycles. The molecule has 0 aliphatic carbocycles. The molecular weight excluding hydrogens is 354 g/mol. The van der Waals surface area contributed by atoms with E-state index < -0.39 is 0 Å². The molecule has 0 saturated heterocycles. The lowest BCUT2D eigenvalue weighted by atomic mass is 10.1. The zero-order valence-electron chi connectivity index (χ0n) is 13.8. The molecule has 0 saturated carbocycles. The summed E-state index contributed by atoms with van der Waals surface area (Å²) in [6.45, 7) is 0.824. The van der Waals surface area contributed by atoms with Crippen LogP contribution in [-0.2, 0) is 4.79 Å². The highest BCUT2D eigenvalue weighted by Crippen LogP contribution is 2.37. The van der Waals surface area contributed by atoms with Gasteiger partial charge >= 0.3 is 0 Å². The first-order valence-corrected chi connectivity index (χ1v) is 8.57. The highest BCUT2D eigenvalue weighted by molar-refractivity contribution is 6.34. The number of halogens is 1. The summed E-state index contributed by atoms with van der Waals surface area (Å²) >= 11 is 6.20. The van der Waals surface area contributed by atoms with Crippen molar-refractivity contribution < 1.29 is 19.0 Å². The van der Waals surface area contributed by atoms with Gasteiger partial charge in [-0.1, -0.05) is 41.9 Å². The van der Waals surface area contributed by atoms with Crippen molar-refractivity contribution in [2.45, 2.75) is 0 Å². The first kappa shape index (κ1) is 16.5. The summed E-state index contributed by atoms with van der Waals surface area (Å²) in [5, 5.41) is 5.29. The van der Waals surface area contributed by atoms with Gasteiger partial charge in [-0.3, -0.25) is 4.79 Å². The number of benzene rings is 3. The Hall–Kier alpha value is -2.92. The predicted molar refractivity (Wildman–Crippen MR) is 101 cm³/mol. The van der Waals surface area contributed by atoms with Gasteiger partial charge in [0.25, 0.3) is 5.91 Å². The van der Waals surface area contributed by atoms with Crippen molar-refractivity contribution in [2.24, 2.45) is 0 Å². The molecule has 1 aliphatic heterocycles. The van der Waals surface area contributed by atoms with Gasteiger partial charge in [-0.25, -0.2) is 0 Å². The number of fused-ring (bicyclic) bond motifs is 2. The summed E-state index contributed by atoms with van der Waals surface area (Å²) in [7, 11) is 0. The minimum absolute atomic E-state index is 0.122. The molecule has 6 heteroatoms. The predicted octanol–water partition coefficient (Wildman–Crippen LogP) is 4.28. The molecule has 0 aromatic heterocycles. The van der Waals surface area contributed by atoms with Crippen LogP contribution in [0.25, 0.3) is 10.8 Å². The van der Waals surface area contributed by atoms with E-state index in [0.29, 0.717) is 41.2 Å². The van der Waals surface area contributed by atoms with Crippen molar-refractivity contribution in [1.29, 1.82) is 0 Å². The summed E-state index contributed by atoms with van der Waals surface area (Å²) in [5.74, 6) is 1.46. The monoisotopic (exact) mass is 369 g/mol. The molecule has 0 unspecified atom stereocenters. The van der Waals surface area contributed by atoms with Crippen LogP contribution in [0, 0.1) is 0 Å². The molecule has 0 radical (unpaired) electrons. The number of ether oxygens (including phenoxy) is 3. The van der Waals surface area contributed by atoms with Gasteiger partial charge in [-0.15, -0.1) is 0 Å². The summed E-state index contributed by atoms with van der Waals surface area (Å²) in [6.07, 6.45) is 0. The maximum Gasteiger partial charge on any atom is 0.262 e. The lowest BCUT2D eigenvalue weighted by molar-refractivity contribution is -0.118. The second-order valence-electron chi connectivity index (χ2n) is 5.82. The molecule has 1 N–H and O–H groups in total. The zero-order chi connectivity index (χ0) is 17.9. The van der Waals surface area contributed by atoms with Crippen LogP contribution < -0.4 is 19.5 Å². The fraction of sp³-hybridized carbons (Fsp3) is 0.150. The van der Waals surface area contributed by atoms with E-state index in [2.05, 4.69) is 5.32 Å².